The Morgan fingerprint density at radius 3 is 2.26 bits per heavy atom. The molecule has 0 saturated carbocycles. The minimum absolute atomic E-state index is 0.188. The number of hydrogen-bond acceptors (Lipinski definition) is 2. The molecule has 6 heteroatoms. The van der Waals surface area contributed by atoms with Gasteiger partial charge in [-0.15, -0.1) is 0 Å². The standard InChI is InChI=1S/C13H10BrF3N2/c1-18-12-7-9(13(15,16)17)6-11(19-12)8-2-4-10(14)5-3-8/h2-7H,1H3,(H,18,19). The molecule has 0 aliphatic carbocycles. The van der Waals surface area contributed by atoms with Crippen molar-refractivity contribution in [3.8, 4) is 11.3 Å². The van der Waals surface area contributed by atoms with Crippen LogP contribution in [-0.4, -0.2) is 12.0 Å². The lowest BCUT2D eigenvalue weighted by atomic mass is 10.1. The Bertz CT molecular complexity index is 579. The maximum atomic E-state index is 12.8. The van der Waals surface area contributed by atoms with Gasteiger partial charge < -0.3 is 5.32 Å². The third kappa shape index (κ3) is 3.26. The molecule has 0 fully saturated rings. The SMILES string of the molecule is CNc1cc(C(F)(F)F)cc(-c2ccc(Br)cc2)n1. The van der Waals surface area contributed by atoms with Crippen molar-refractivity contribution in [3.05, 3.63) is 46.4 Å². The van der Waals surface area contributed by atoms with Crippen molar-refractivity contribution in [1.82, 2.24) is 4.98 Å². The Morgan fingerprint density at radius 1 is 1.11 bits per heavy atom. The molecule has 2 rings (SSSR count). The van der Waals surface area contributed by atoms with E-state index < -0.39 is 11.7 Å². The fraction of sp³-hybridized carbons (Fsp3) is 0.154. The highest BCUT2D eigenvalue weighted by Crippen LogP contribution is 2.33. The van der Waals surface area contributed by atoms with E-state index >= 15 is 0 Å². The van der Waals surface area contributed by atoms with Crippen molar-refractivity contribution in [2.75, 3.05) is 12.4 Å². The number of hydrogen-bond donors (Lipinski definition) is 1. The minimum Gasteiger partial charge on any atom is -0.373 e. The summed E-state index contributed by atoms with van der Waals surface area (Å²) in [6.07, 6.45) is -4.39. The smallest absolute Gasteiger partial charge is 0.373 e. The fourth-order valence-electron chi connectivity index (χ4n) is 1.59. The summed E-state index contributed by atoms with van der Waals surface area (Å²) in [5.41, 5.74) is 0.197. The number of benzene rings is 1. The lowest BCUT2D eigenvalue weighted by Crippen LogP contribution is -2.07. The van der Waals surface area contributed by atoms with Gasteiger partial charge in [-0.3, -0.25) is 0 Å². The average Bonchev–Trinajstić information content (AvgIpc) is 2.38. The second-order valence-corrected chi connectivity index (χ2v) is 4.80. The summed E-state index contributed by atoms with van der Waals surface area (Å²) < 4.78 is 39.3. The van der Waals surface area contributed by atoms with Gasteiger partial charge in [0.1, 0.15) is 5.82 Å². The Hall–Kier alpha value is -1.56. The highest BCUT2D eigenvalue weighted by molar-refractivity contribution is 9.10. The van der Waals surface area contributed by atoms with Gasteiger partial charge >= 0.3 is 6.18 Å². The van der Waals surface area contributed by atoms with Crippen LogP contribution in [0.1, 0.15) is 5.56 Å². The summed E-state index contributed by atoms with van der Waals surface area (Å²) in [5, 5.41) is 2.64. The first-order chi connectivity index (χ1) is 8.90. The third-order valence-corrected chi connectivity index (χ3v) is 3.08. The molecule has 0 aliphatic rings. The number of nitrogens with one attached hydrogen (secondary N) is 1. The van der Waals surface area contributed by atoms with Crippen LogP contribution in [0, 0.1) is 0 Å². The molecule has 0 aliphatic heterocycles. The zero-order valence-corrected chi connectivity index (χ0v) is 11.5. The number of pyridine rings is 1. The molecule has 0 unspecified atom stereocenters. The van der Waals surface area contributed by atoms with E-state index in [1.54, 1.807) is 24.3 Å². The predicted octanol–water partition coefficient (Wildman–Crippen LogP) is 4.57. The topological polar surface area (TPSA) is 24.9 Å². The third-order valence-electron chi connectivity index (χ3n) is 2.55. The lowest BCUT2D eigenvalue weighted by Gasteiger charge is -2.11. The largest absolute Gasteiger partial charge is 0.416 e. The quantitative estimate of drug-likeness (QED) is 0.872. The molecule has 0 bridgehead atoms. The monoisotopic (exact) mass is 330 g/mol. The van der Waals surface area contributed by atoms with Crippen molar-refractivity contribution >= 4 is 21.7 Å². The maximum Gasteiger partial charge on any atom is 0.416 e. The molecule has 1 aromatic carbocycles. The number of aromatic nitrogens is 1. The van der Waals surface area contributed by atoms with E-state index in [4.69, 9.17) is 0 Å². The average molecular weight is 331 g/mol. The molecule has 1 heterocycles. The first-order valence-corrected chi connectivity index (χ1v) is 6.22. The Morgan fingerprint density at radius 2 is 1.74 bits per heavy atom. The van der Waals surface area contributed by atoms with E-state index in [-0.39, 0.29) is 11.5 Å². The second kappa shape index (κ2) is 5.21. The summed E-state index contributed by atoms with van der Waals surface area (Å²) >= 11 is 3.28. The number of nitrogens with zero attached hydrogens (tertiary/aromatic N) is 1. The number of alkyl halides is 3. The molecule has 0 spiro atoms. The molecule has 100 valence electrons. The molecule has 0 atom stereocenters. The van der Waals surface area contributed by atoms with Gasteiger partial charge in [-0.05, 0) is 24.3 Å². The molecule has 1 aromatic heterocycles. The van der Waals surface area contributed by atoms with Crippen molar-refractivity contribution < 1.29 is 13.2 Å². The van der Waals surface area contributed by atoms with Crippen LogP contribution in [0.4, 0.5) is 19.0 Å². The fourth-order valence-corrected chi connectivity index (χ4v) is 1.86. The zero-order valence-electron chi connectivity index (χ0n) is 9.92. The summed E-state index contributed by atoms with van der Waals surface area (Å²) in [5.74, 6) is 0.188. The van der Waals surface area contributed by atoms with Crippen LogP contribution in [-0.2, 0) is 6.18 Å². The molecule has 19 heavy (non-hydrogen) atoms. The van der Waals surface area contributed by atoms with E-state index in [0.717, 1.165) is 16.6 Å². The van der Waals surface area contributed by atoms with Crippen molar-refractivity contribution in [2.24, 2.45) is 0 Å². The number of rotatable bonds is 2. The van der Waals surface area contributed by atoms with Gasteiger partial charge in [-0.1, -0.05) is 28.1 Å². The van der Waals surface area contributed by atoms with E-state index in [1.807, 2.05) is 0 Å². The van der Waals surface area contributed by atoms with Gasteiger partial charge in [0, 0.05) is 17.1 Å². The Labute approximate surface area is 116 Å². The van der Waals surface area contributed by atoms with E-state index in [9.17, 15) is 13.2 Å². The van der Waals surface area contributed by atoms with Gasteiger partial charge in [0.25, 0.3) is 0 Å². The number of anilines is 1. The highest BCUT2D eigenvalue weighted by Gasteiger charge is 2.31. The lowest BCUT2D eigenvalue weighted by molar-refractivity contribution is -0.137. The first-order valence-electron chi connectivity index (χ1n) is 5.43. The summed E-state index contributed by atoms with van der Waals surface area (Å²) in [6, 6.07) is 8.98. The van der Waals surface area contributed by atoms with Crippen LogP contribution in [0.15, 0.2) is 40.9 Å². The van der Waals surface area contributed by atoms with E-state index in [2.05, 4.69) is 26.2 Å². The van der Waals surface area contributed by atoms with Crippen LogP contribution < -0.4 is 5.32 Å². The molecular weight excluding hydrogens is 321 g/mol. The molecule has 0 saturated heterocycles. The predicted molar refractivity (Wildman–Crippen MR) is 71.9 cm³/mol. The van der Waals surface area contributed by atoms with Crippen molar-refractivity contribution in [3.63, 3.8) is 0 Å². The van der Waals surface area contributed by atoms with Crippen molar-refractivity contribution in [2.45, 2.75) is 6.18 Å². The van der Waals surface area contributed by atoms with Crippen LogP contribution in [0.3, 0.4) is 0 Å². The Balaban J connectivity index is 2.54. The van der Waals surface area contributed by atoms with Crippen molar-refractivity contribution in [1.29, 1.82) is 0 Å². The zero-order chi connectivity index (χ0) is 14.0. The van der Waals surface area contributed by atoms with E-state index in [0.29, 0.717) is 5.56 Å². The molecule has 0 radical (unpaired) electrons. The van der Waals surface area contributed by atoms with Gasteiger partial charge in [0.05, 0.1) is 11.3 Å². The normalized spacial score (nSPS) is 11.4. The summed E-state index contributed by atoms with van der Waals surface area (Å²) in [6.45, 7) is 0. The minimum atomic E-state index is -4.39. The van der Waals surface area contributed by atoms with Crippen LogP contribution in [0.2, 0.25) is 0 Å². The number of halogens is 4. The summed E-state index contributed by atoms with van der Waals surface area (Å²) in [7, 11) is 1.54. The first kappa shape index (κ1) is 13.9. The van der Waals surface area contributed by atoms with Gasteiger partial charge in [-0.2, -0.15) is 13.2 Å². The molecule has 0 amide bonds. The van der Waals surface area contributed by atoms with Gasteiger partial charge in [0.15, 0.2) is 0 Å². The molecule has 2 nitrogen and oxygen atoms in total. The molecule has 1 N–H and O–H groups in total. The summed E-state index contributed by atoms with van der Waals surface area (Å²) in [4.78, 5) is 4.14. The highest BCUT2D eigenvalue weighted by atomic mass is 79.9. The Kier molecular flexibility index (Phi) is 3.80. The van der Waals surface area contributed by atoms with Crippen LogP contribution in [0.5, 0.6) is 0 Å². The maximum absolute atomic E-state index is 12.8. The van der Waals surface area contributed by atoms with Crippen LogP contribution in [0.25, 0.3) is 11.3 Å². The van der Waals surface area contributed by atoms with Crippen LogP contribution >= 0.6 is 15.9 Å². The van der Waals surface area contributed by atoms with Gasteiger partial charge in [-0.25, -0.2) is 4.98 Å². The molecule has 2 aromatic rings. The molecular formula is C13H10BrF3N2. The van der Waals surface area contributed by atoms with Gasteiger partial charge in [0.2, 0.25) is 0 Å². The second-order valence-electron chi connectivity index (χ2n) is 3.88. The van der Waals surface area contributed by atoms with E-state index in [1.165, 1.54) is 7.05 Å².